The Morgan fingerprint density at radius 1 is 1.32 bits per heavy atom. The van der Waals surface area contributed by atoms with E-state index in [4.69, 9.17) is 9.47 Å². The van der Waals surface area contributed by atoms with E-state index in [9.17, 15) is 14.0 Å². The number of nitrogens with one attached hydrogen (secondary N) is 1. The number of nitrogens with zero attached hydrogens (tertiary/aromatic N) is 1. The Labute approximate surface area is 163 Å². The van der Waals surface area contributed by atoms with Crippen molar-refractivity contribution in [2.75, 3.05) is 12.0 Å². The molecule has 28 heavy (non-hydrogen) atoms. The van der Waals surface area contributed by atoms with E-state index in [1.165, 1.54) is 4.57 Å². The van der Waals surface area contributed by atoms with Crippen LogP contribution in [-0.4, -0.2) is 29.0 Å². The highest BCUT2D eigenvalue weighted by atomic mass is 19.1. The number of amides is 1. The molecule has 1 aromatic carbocycles. The van der Waals surface area contributed by atoms with Crippen LogP contribution in [0, 0.1) is 0 Å². The summed E-state index contributed by atoms with van der Waals surface area (Å²) in [7, 11) is 0. The van der Waals surface area contributed by atoms with Crippen LogP contribution in [0.25, 0.3) is 11.3 Å². The fourth-order valence-electron chi connectivity index (χ4n) is 3.32. The van der Waals surface area contributed by atoms with Crippen LogP contribution in [0.15, 0.2) is 36.5 Å². The minimum absolute atomic E-state index is 0.279. The second-order valence-corrected chi connectivity index (χ2v) is 8.04. The second-order valence-electron chi connectivity index (χ2n) is 8.04. The van der Waals surface area contributed by atoms with E-state index in [-0.39, 0.29) is 6.42 Å². The van der Waals surface area contributed by atoms with Gasteiger partial charge in [-0.1, -0.05) is 6.07 Å². The molecular formula is C21H25FN2O4. The van der Waals surface area contributed by atoms with Crippen LogP contribution in [0.1, 0.15) is 46.1 Å². The first-order valence-electron chi connectivity index (χ1n) is 9.24. The maximum atomic E-state index is 12.8. The predicted molar refractivity (Wildman–Crippen MR) is 104 cm³/mol. The molecule has 1 aliphatic rings. The molecule has 2 aromatic rings. The van der Waals surface area contributed by atoms with Crippen molar-refractivity contribution in [3.05, 3.63) is 42.1 Å². The molecule has 2 heterocycles. The molecule has 0 fully saturated rings. The number of carbonyl (C=O) groups is 2. The minimum Gasteiger partial charge on any atom is -0.443 e. The standard InChI is InChI=1S/C21H25FN2O4/c1-20(2,3)28-19(26)24-12-5-7-17(24)14-8-9-16-15(13-14)21(4,10-6-11-22)27-18(25)23-16/h5,7-9,12-13H,6,10-11H2,1-4H3,(H,23,25). The maximum Gasteiger partial charge on any atom is 0.418 e. The van der Waals surface area contributed by atoms with Gasteiger partial charge in [0.2, 0.25) is 0 Å². The van der Waals surface area contributed by atoms with Crippen LogP contribution in [0.4, 0.5) is 19.7 Å². The Balaban J connectivity index is 2.01. The molecule has 6 nitrogen and oxygen atoms in total. The number of rotatable bonds is 4. The number of cyclic esters (lactones) is 1. The molecular weight excluding hydrogens is 363 g/mol. The van der Waals surface area contributed by atoms with Crippen molar-refractivity contribution in [2.24, 2.45) is 0 Å². The molecule has 0 spiro atoms. The monoisotopic (exact) mass is 388 g/mol. The highest BCUT2D eigenvalue weighted by Crippen LogP contribution is 2.41. The molecule has 0 aliphatic carbocycles. The SMILES string of the molecule is CC(C)(C)OC(=O)n1cccc1-c1ccc2c(c1)C(C)(CCCF)OC(=O)N2. The maximum absolute atomic E-state index is 12.8. The fraction of sp³-hybridized carbons (Fsp3) is 0.429. The molecule has 1 unspecified atom stereocenters. The zero-order valence-corrected chi connectivity index (χ0v) is 16.5. The van der Waals surface area contributed by atoms with Gasteiger partial charge in [0.25, 0.3) is 0 Å². The summed E-state index contributed by atoms with van der Waals surface area (Å²) in [6.45, 7) is 6.71. The zero-order valence-electron chi connectivity index (χ0n) is 16.5. The number of ether oxygens (including phenoxy) is 2. The average Bonchev–Trinajstić information content (AvgIpc) is 3.08. The number of halogens is 1. The fourth-order valence-corrected chi connectivity index (χ4v) is 3.32. The number of hydrogen-bond donors (Lipinski definition) is 1. The van der Waals surface area contributed by atoms with Gasteiger partial charge in [-0.25, -0.2) is 9.59 Å². The molecule has 150 valence electrons. The van der Waals surface area contributed by atoms with Crippen LogP contribution in [0.5, 0.6) is 0 Å². The number of hydrogen-bond acceptors (Lipinski definition) is 4. The van der Waals surface area contributed by atoms with Gasteiger partial charge in [-0.05, 0) is 70.4 Å². The van der Waals surface area contributed by atoms with E-state index in [1.54, 1.807) is 25.3 Å². The molecule has 1 N–H and O–H groups in total. The summed E-state index contributed by atoms with van der Waals surface area (Å²) >= 11 is 0. The Bertz CT molecular complexity index is 900. The van der Waals surface area contributed by atoms with E-state index >= 15 is 0 Å². The Hall–Kier alpha value is -2.83. The first-order valence-corrected chi connectivity index (χ1v) is 9.24. The summed E-state index contributed by atoms with van der Waals surface area (Å²) < 4.78 is 25.2. The number of carbonyl (C=O) groups excluding carboxylic acids is 2. The van der Waals surface area contributed by atoms with Crippen LogP contribution < -0.4 is 5.32 Å². The van der Waals surface area contributed by atoms with Crippen molar-refractivity contribution in [2.45, 2.75) is 51.7 Å². The lowest BCUT2D eigenvalue weighted by molar-refractivity contribution is 0.0169. The van der Waals surface area contributed by atoms with Crippen molar-refractivity contribution in [1.29, 1.82) is 0 Å². The number of aromatic nitrogens is 1. The summed E-state index contributed by atoms with van der Waals surface area (Å²) in [6.07, 6.45) is 1.25. The zero-order chi connectivity index (χ0) is 20.5. The van der Waals surface area contributed by atoms with Gasteiger partial charge >= 0.3 is 12.2 Å². The molecule has 3 rings (SSSR count). The Kier molecular flexibility index (Phi) is 5.19. The first kappa shape index (κ1) is 19.9. The van der Waals surface area contributed by atoms with E-state index in [2.05, 4.69) is 5.32 Å². The predicted octanol–water partition coefficient (Wildman–Crippen LogP) is 5.47. The number of alkyl halides is 1. The Morgan fingerprint density at radius 2 is 2.07 bits per heavy atom. The lowest BCUT2D eigenvalue weighted by Crippen LogP contribution is -2.37. The quantitative estimate of drug-likeness (QED) is 0.754. The van der Waals surface area contributed by atoms with Crippen molar-refractivity contribution < 1.29 is 23.5 Å². The highest BCUT2D eigenvalue weighted by molar-refractivity contribution is 5.90. The van der Waals surface area contributed by atoms with Gasteiger partial charge in [-0.3, -0.25) is 14.3 Å². The lowest BCUT2D eigenvalue weighted by Gasteiger charge is -2.36. The molecule has 0 saturated heterocycles. The van der Waals surface area contributed by atoms with Gasteiger partial charge in [0, 0.05) is 11.8 Å². The highest BCUT2D eigenvalue weighted by Gasteiger charge is 2.37. The van der Waals surface area contributed by atoms with E-state index in [0.29, 0.717) is 17.8 Å². The summed E-state index contributed by atoms with van der Waals surface area (Å²) in [5.74, 6) is 0. The number of benzene rings is 1. The summed E-state index contributed by atoms with van der Waals surface area (Å²) in [5.41, 5.74) is 1.23. The van der Waals surface area contributed by atoms with Crippen LogP contribution in [-0.2, 0) is 15.1 Å². The smallest absolute Gasteiger partial charge is 0.418 e. The van der Waals surface area contributed by atoms with Crippen LogP contribution in [0.3, 0.4) is 0 Å². The van der Waals surface area contributed by atoms with E-state index in [1.807, 2.05) is 39.0 Å². The van der Waals surface area contributed by atoms with E-state index in [0.717, 1.165) is 11.1 Å². The number of fused-ring (bicyclic) bond motifs is 1. The van der Waals surface area contributed by atoms with Crippen molar-refractivity contribution in [3.63, 3.8) is 0 Å². The third-order valence-corrected chi connectivity index (χ3v) is 4.57. The van der Waals surface area contributed by atoms with Gasteiger partial charge in [-0.2, -0.15) is 0 Å². The molecule has 7 heteroatoms. The molecule has 0 bridgehead atoms. The molecule has 1 atom stereocenters. The average molecular weight is 388 g/mol. The van der Waals surface area contributed by atoms with Crippen LogP contribution >= 0.6 is 0 Å². The second kappa shape index (κ2) is 7.30. The molecule has 0 radical (unpaired) electrons. The third kappa shape index (κ3) is 4.03. The van der Waals surface area contributed by atoms with Crippen molar-refractivity contribution >= 4 is 17.9 Å². The van der Waals surface area contributed by atoms with Gasteiger partial charge in [0.05, 0.1) is 18.1 Å². The first-order chi connectivity index (χ1) is 13.1. The van der Waals surface area contributed by atoms with Gasteiger partial charge in [0.15, 0.2) is 0 Å². The molecule has 1 amide bonds. The molecule has 0 saturated carbocycles. The topological polar surface area (TPSA) is 69.6 Å². The largest absolute Gasteiger partial charge is 0.443 e. The van der Waals surface area contributed by atoms with Gasteiger partial charge in [-0.15, -0.1) is 0 Å². The minimum atomic E-state index is -0.941. The van der Waals surface area contributed by atoms with Gasteiger partial charge in [0.1, 0.15) is 11.2 Å². The van der Waals surface area contributed by atoms with E-state index < -0.39 is 30.1 Å². The van der Waals surface area contributed by atoms with Crippen molar-refractivity contribution in [3.8, 4) is 11.3 Å². The summed E-state index contributed by atoms with van der Waals surface area (Å²) in [6, 6.07) is 9.02. The normalized spacial score (nSPS) is 18.8. The number of anilines is 1. The third-order valence-electron chi connectivity index (χ3n) is 4.57. The van der Waals surface area contributed by atoms with Crippen molar-refractivity contribution in [1.82, 2.24) is 4.57 Å². The van der Waals surface area contributed by atoms with Gasteiger partial charge < -0.3 is 9.47 Å². The molecule has 1 aromatic heterocycles. The Morgan fingerprint density at radius 3 is 2.75 bits per heavy atom. The lowest BCUT2D eigenvalue weighted by atomic mass is 9.87. The molecule has 1 aliphatic heterocycles. The summed E-state index contributed by atoms with van der Waals surface area (Å²) in [4.78, 5) is 24.4. The summed E-state index contributed by atoms with van der Waals surface area (Å²) in [5, 5.41) is 2.68. The van der Waals surface area contributed by atoms with Crippen LogP contribution in [0.2, 0.25) is 0 Å².